The molecule has 100 valence electrons. The predicted molar refractivity (Wildman–Crippen MR) is 75.2 cm³/mol. The number of amides is 1. The number of nitrogens with one attached hydrogen (secondary N) is 1. The molecular weight excluding hydrogens is 258 g/mol. The zero-order valence-corrected chi connectivity index (χ0v) is 11.5. The highest BCUT2D eigenvalue weighted by Gasteiger charge is 2.24. The van der Waals surface area contributed by atoms with Crippen molar-refractivity contribution in [2.45, 2.75) is 19.3 Å². The Hall–Kier alpha value is -1.62. The monoisotopic (exact) mass is 275 g/mol. The van der Waals surface area contributed by atoms with Gasteiger partial charge in [-0.05, 0) is 42.7 Å². The summed E-state index contributed by atoms with van der Waals surface area (Å²) in [7, 11) is 0. The molecule has 0 spiro atoms. The summed E-state index contributed by atoms with van der Waals surface area (Å²) in [5.74, 6) is 0.715. The molecule has 0 bridgehead atoms. The second-order valence-electron chi connectivity index (χ2n) is 5.06. The van der Waals surface area contributed by atoms with E-state index in [2.05, 4.69) is 10.2 Å². The van der Waals surface area contributed by atoms with Gasteiger partial charge in [-0.25, -0.2) is 0 Å². The van der Waals surface area contributed by atoms with Gasteiger partial charge in [0.05, 0.1) is 5.56 Å². The van der Waals surface area contributed by atoms with E-state index in [-0.39, 0.29) is 5.91 Å². The molecule has 5 heteroatoms. The number of hydrogen-bond acceptors (Lipinski definition) is 3. The summed E-state index contributed by atoms with van der Waals surface area (Å²) in [4.78, 5) is 14.3. The molecule has 3 rings (SSSR count). The average molecular weight is 275 g/mol. The summed E-state index contributed by atoms with van der Waals surface area (Å²) in [6, 6.07) is 3.92. The third-order valence-corrected chi connectivity index (χ3v) is 4.32. The highest BCUT2D eigenvalue weighted by molar-refractivity contribution is 7.08. The Balaban J connectivity index is 1.63. The van der Waals surface area contributed by atoms with Crippen LogP contribution in [0.4, 0.5) is 0 Å². The van der Waals surface area contributed by atoms with E-state index in [0.717, 1.165) is 37.2 Å². The number of rotatable bonds is 3. The summed E-state index contributed by atoms with van der Waals surface area (Å²) < 4.78 is 0. The van der Waals surface area contributed by atoms with E-state index >= 15 is 0 Å². The summed E-state index contributed by atoms with van der Waals surface area (Å²) >= 11 is 1.58. The number of aromatic amines is 1. The van der Waals surface area contributed by atoms with Crippen molar-refractivity contribution in [1.82, 2.24) is 15.1 Å². The largest absolute Gasteiger partial charge is 0.338 e. The Morgan fingerprint density at radius 2 is 2.47 bits per heavy atom. The molecule has 0 aliphatic carbocycles. The number of likely N-dealkylation sites (tertiary alicyclic amines) is 1. The minimum Gasteiger partial charge on any atom is -0.338 e. The Morgan fingerprint density at radius 1 is 1.53 bits per heavy atom. The molecule has 19 heavy (non-hydrogen) atoms. The van der Waals surface area contributed by atoms with Gasteiger partial charge in [-0.3, -0.25) is 9.89 Å². The van der Waals surface area contributed by atoms with Gasteiger partial charge < -0.3 is 4.90 Å². The van der Waals surface area contributed by atoms with E-state index in [1.54, 1.807) is 17.5 Å². The maximum Gasteiger partial charge on any atom is 0.254 e. The average Bonchev–Trinajstić information content (AvgIpc) is 3.11. The number of aromatic nitrogens is 2. The van der Waals surface area contributed by atoms with E-state index in [0.29, 0.717) is 5.92 Å². The molecular formula is C14H17N3OS. The Kier molecular flexibility index (Phi) is 3.64. The SMILES string of the molecule is O=C(c1ccsc1)N1CCC[C@H](Cc2ccn[nH]2)C1. The number of H-pyrrole nitrogens is 1. The fourth-order valence-electron chi connectivity index (χ4n) is 2.69. The molecule has 2 aromatic rings. The van der Waals surface area contributed by atoms with E-state index in [4.69, 9.17) is 0 Å². The molecule has 0 unspecified atom stereocenters. The van der Waals surface area contributed by atoms with Gasteiger partial charge >= 0.3 is 0 Å². The van der Waals surface area contributed by atoms with Crippen LogP contribution in [0, 0.1) is 5.92 Å². The van der Waals surface area contributed by atoms with E-state index in [9.17, 15) is 4.79 Å². The van der Waals surface area contributed by atoms with Crippen molar-refractivity contribution in [1.29, 1.82) is 0 Å². The zero-order chi connectivity index (χ0) is 13.1. The van der Waals surface area contributed by atoms with Crippen molar-refractivity contribution >= 4 is 17.2 Å². The Morgan fingerprint density at radius 3 is 3.21 bits per heavy atom. The fraction of sp³-hybridized carbons (Fsp3) is 0.429. The molecule has 0 radical (unpaired) electrons. The van der Waals surface area contributed by atoms with Gasteiger partial charge in [-0.2, -0.15) is 16.4 Å². The van der Waals surface area contributed by atoms with E-state index in [1.165, 1.54) is 6.42 Å². The molecule has 3 heterocycles. The molecule has 2 aromatic heterocycles. The van der Waals surface area contributed by atoms with Crippen LogP contribution in [-0.4, -0.2) is 34.1 Å². The predicted octanol–water partition coefficient (Wildman–Crippen LogP) is 2.57. The number of piperidine rings is 1. The van der Waals surface area contributed by atoms with Crippen LogP contribution < -0.4 is 0 Å². The number of carbonyl (C=O) groups excluding carboxylic acids is 1. The van der Waals surface area contributed by atoms with Crippen molar-refractivity contribution in [2.24, 2.45) is 5.92 Å². The van der Waals surface area contributed by atoms with Gasteiger partial charge in [0.15, 0.2) is 0 Å². The molecule has 1 saturated heterocycles. The van der Waals surface area contributed by atoms with Crippen LogP contribution in [0.5, 0.6) is 0 Å². The molecule has 1 amide bonds. The highest BCUT2D eigenvalue weighted by Crippen LogP contribution is 2.22. The Labute approximate surface area is 116 Å². The first-order valence-electron chi connectivity index (χ1n) is 6.62. The van der Waals surface area contributed by atoms with Gasteiger partial charge in [0.2, 0.25) is 0 Å². The minimum atomic E-state index is 0.176. The maximum absolute atomic E-state index is 12.3. The van der Waals surface area contributed by atoms with Crippen molar-refractivity contribution in [3.63, 3.8) is 0 Å². The first-order valence-corrected chi connectivity index (χ1v) is 7.57. The molecule has 1 fully saturated rings. The normalized spacial score (nSPS) is 19.6. The summed E-state index contributed by atoms with van der Waals surface area (Å²) in [6.45, 7) is 1.74. The highest BCUT2D eigenvalue weighted by atomic mass is 32.1. The van der Waals surface area contributed by atoms with Crippen LogP contribution in [0.3, 0.4) is 0 Å². The molecule has 1 aliphatic rings. The minimum absolute atomic E-state index is 0.176. The van der Waals surface area contributed by atoms with Crippen LogP contribution in [0.25, 0.3) is 0 Å². The van der Waals surface area contributed by atoms with E-state index < -0.39 is 0 Å². The molecule has 4 nitrogen and oxygen atoms in total. The van der Waals surface area contributed by atoms with Gasteiger partial charge in [0.25, 0.3) is 5.91 Å². The third-order valence-electron chi connectivity index (χ3n) is 3.64. The summed E-state index contributed by atoms with van der Waals surface area (Å²) in [5, 5.41) is 10.9. The van der Waals surface area contributed by atoms with Crippen molar-refractivity contribution in [3.8, 4) is 0 Å². The molecule has 0 aromatic carbocycles. The fourth-order valence-corrected chi connectivity index (χ4v) is 3.32. The van der Waals surface area contributed by atoms with Crippen LogP contribution in [0.15, 0.2) is 29.1 Å². The van der Waals surface area contributed by atoms with Crippen molar-refractivity contribution < 1.29 is 4.79 Å². The lowest BCUT2D eigenvalue weighted by Gasteiger charge is -2.32. The van der Waals surface area contributed by atoms with Gasteiger partial charge in [-0.1, -0.05) is 0 Å². The second kappa shape index (κ2) is 5.57. The van der Waals surface area contributed by atoms with Crippen LogP contribution in [0.2, 0.25) is 0 Å². The zero-order valence-electron chi connectivity index (χ0n) is 10.7. The van der Waals surface area contributed by atoms with Gasteiger partial charge in [0, 0.05) is 30.4 Å². The first-order chi connectivity index (χ1) is 9.33. The Bertz CT molecular complexity index is 521. The first kappa shape index (κ1) is 12.4. The lowest BCUT2D eigenvalue weighted by Crippen LogP contribution is -2.40. The number of carbonyl (C=O) groups is 1. The second-order valence-corrected chi connectivity index (χ2v) is 5.84. The van der Waals surface area contributed by atoms with Crippen LogP contribution in [0.1, 0.15) is 28.9 Å². The molecule has 1 N–H and O–H groups in total. The van der Waals surface area contributed by atoms with E-state index in [1.807, 2.05) is 27.8 Å². The standard InChI is InChI=1S/C14H17N3OS/c18-14(12-4-7-19-10-12)17-6-1-2-11(9-17)8-13-3-5-15-16-13/h3-5,7,10-11H,1-2,6,8-9H2,(H,15,16)/t11-/m1/s1. The third kappa shape index (κ3) is 2.87. The number of nitrogens with zero attached hydrogens (tertiary/aromatic N) is 2. The lowest BCUT2D eigenvalue weighted by molar-refractivity contribution is 0.0673. The topological polar surface area (TPSA) is 49.0 Å². The van der Waals surface area contributed by atoms with Gasteiger partial charge in [0.1, 0.15) is 0 Å². The van der Waals surface area contributed by atoms with Crippen molar-refractivity contribution in [3.05, 3.63) is 40.3 Å². The van der Waals surface area contributed by atoms with Crippen molar-refractivity contribution in [2.75, 3.05) is 13.1 Å². The molecule has 0 saturated carbocycles. The van der Waals surface area contributed by atoms with Gasteiger partial charge in [-0.15, -0.1) is 0 Å². The number of thiophene rings is 1. The summed E-state index contributed by atoms with van der Waals surface area (Å²) in [5.41, 5.74) is 1.99. The quantitative estimate of drug-likeness (QED) is 0.936. The summed E-state index contributed by atoms with van der Waals surface area (Å²) in [6.07, 6.45) is 5.04. The smallest absolute Gasteiger partial charge is 0.254 e. The lowest BCUT2D eigenvalue weighted by atomic mass is 9.93. The molecule has 1 aliphatic heterocycles. The molecule has 1 atom stereocenters. The number of hydrogen-bond donors (Lipinski definition) is 1. The van der Waals surface area contributed by atoms with Crippen LogP contribution in [-0.2, 0) is 6.42 Å². The van der Waals surface area contributed by atoms with Crippen LogP contribution >= 0.6 is 11.3 Å². The maximum atomic E-state index is 12.3.